The van der Waals surface area contributed by atoms with Crippen LogP contribution in [0.4, 0.5) is 0 Å². The minimum absolute atomic E-state index is 0.0130. The zero-order valence-corrected chi connectivity index (χ0v) is 13.3. The van der Waals surface area contributed by atoms with E-state index >= 15 is 0 Å². The van der Waals surface area contributed by atoms with E-state index in [1.165, 1.54) is 22.2 Å². The van der Waals surface area contributed by atoms with Crippen LogP contribution in [0.3, 0.4) is 0 Å². The Bertz CT molecular complexity index is 781. The average Bonchev–Trinajstić information content (AvgIpc) is 3.14. The van der Waals surface area contributed by atoms with Gasteiger partial charge in [0, 0.05) is 41.6 Å². The highest BCUT2D eigenvalue weighted by Gasteiger charge is 2.51. The van der Waals surface area contributed by atoms with E-state index in [-0.39, 0.29) is 17.6 Å². The molecule has 1 unspecified atom stereocenters. The molecular weight excluding hydrogens is 288 g/mol. The van der Waals surface area contributed by atoms with Crippen molar-refractivity contribution in [3.8, 4) is 0 Å². The van der Waals surface area contributed by atoms with E-state index in [2.05, 4.69) is 29.2 Å². The largest absolute Gasteiger partial charge is 0.358 e. The third-order valence-corrected chi connectivity index (χ3v) is 6.22. The fourth-order valence-corrected chi connectivity index (χ4v) is 4.95. The number of nitrogens with zero attached hydrogens (tertiary/aromatic N) is 1. The van der Waals surface area contributed by atoms with Crippen LogP contribution in [0.2, 0.25) is 0 Å². The second kappa shape index (κ2) is 4.84. The smallest absolute Gasteiger partial charge is 0.224 e. The number of nitrogens with one attached hydrogen (secondary N) is 1. The molecule has 5 rings (SSSR count). The van der Waals surface area contributed by atoms with Crippen molar-refractivity contribution in [1.29, 1.82) is 0 Å². The third-order valence-electron chi connectivity index (χ3n) is 6.22. The Morgan fingerprint density at radius 3 is 2.96 bits per heavy atom. The number of aromatic amines is 1. The Hall–Kier alpha value is -1.81. The molecule has 2 fully saturated rings. The third kappa shape index (κ3) is 1.91. The number of para-hydroxylation sites is 1. The lowest BCUT2D eigenvalue weighted by atomic mass is 9.73. The monoisotopic (exact) mass is 310 g/mol. The Balaban J connectivity index is 1.61. The molecule has 2 atom stereocenters. The SMILES string of the molecule is O=C1CC[C@@]23CCOC2N1CCc1c([nH]c2ccccc12)CC3. The van der Waals surface area contributed by atoms with Crippen LogP contribution < -0.4 is 0 Å². The predicted octanol–water partition coefficient (Wildman–Crippen LogP) is 3.01. The van der Waals surface area contributed by atoms with Gasteiger partial charge in [-0.25, -0.2) is 0 Å². The molecular formula is C19H22N2O2. The number of benzene rings is 1. The van der Waals surface area contributed by atoms with Gasteiger partial charge in [-0.05, 0) is 43.7 Å². The summed E-state index contributed by atoms with van der Waals surface area (Å²) in [6.07, 6.45) is 5.88. The van der Waals surface area contributed by atoms with Gasteiger partial charge in [0.2, 0.25) is 5.91 Å². The fourth-order valence-electron chi connectivity index (χ4n) is 4.95. The number of hydrogen-bond acceptors (Lipinski definition) is 2. The maximum absolute atomic E-state index is 12.5. The molecule has 3 aliphatic heterocycles. The standard InChI is InChI=1S/C19H22N2O2/c22-17-6-9-19-8-5-16-14(13-3-1-2-4-15(13)20-16)7-11-21(17)18(19)23-12-10-19/h1-4,18,20H,5-12H2/t18?,19-/m0/s1. The van der Waals surface area contributed by atoms with E-state index in [0.717, 1.165) is 45.3 Å². The lowest BCUT2D eigenvalue weighted by Crippen LogP contribution is -2.53. The molecule has 0 saturated carbocycles. The van der Waals surface area contributed by atoms with E-state index in [0.29, 0.717) is 6.42 Å². The van der Waals surface area contributed by atoms with Crippen LogP contribution in [-0.4, -0.2) is 35.2 Å². The molecule has 2 aromatic rings. The normalized spacial score (nSPS) is 30.5. The lowest BCUT2D eigenvalue weighted by Gasteiger charge is -2.44. The number of piperidine rings is 1. The minimum Gasteiger partial charge on any atom is -0.358 e. The molecule has 1 aromatic heterocycles. The predicted molar refractivity (Wildman–Crippen MR) is 88.1 cm³/mol. The summed E-state index contributed by atoms with van der Waals surface area (Å²) in [4.78, 5) is 18.1. The molecule has 23 heavy (non-hydrogen) atoms. The summed E-state index contributed by atoms with van der Waals surface area (Å²) in [5.41, 5.74) is 4.16. The Kier molecular flexibility index (Phi) is 2.87. The number of amides is 1. The summed E-state index contributed by atoms with van der Waals surface area (Å²) in [6.45, 7) is 1.58. The van der Waals surface area contributed by atoms with Crippen LogP contribution in [0, 0.1) is 5.41 Å². The van der Waals surface area contributed by atoms with Gasteiger partial charge in [-0.15, -0.1) is 0 Å². The number of hydrogen-bond donors (Lipinski definition) is 1. The van der Waals surface area contributed by atoms with Crippen molar-refractivity contribution < 1.29 is 9.53 Å². The maximum atomic E-state index is 12.5. The zero-order chi connectivity index (χ0) is 15.4. The van der Waals surface area contributed by atoms with Gasteiger partial charge in [-0.3, -0.25) is 4.79 Å². The average molecular weight is 310 g/mol. The topological polar surface area (TPSA) is 45.3 Å². The number of carbonyl (C=O) groups is 1. The summed E-state index contributed by atoms with van der Waals surface area (Å²) < 4.78 is 6.03. The second-order valence-electron chi connectivity index (χ2n) is 7.30. The van der Waals surface area contributed by atoms with Crippen LogP contribution in [0.5, 0.6) is 0 Å². The van der Waals surface area contributed by atoms with Crippen molar-refractivity contribution >= 4 is 16.8 Å². The molecule has 1 amide bonds. The number of aryl methyl sites for hydroxylation is 1. The number of H-pyrrole nitrogens is 1. The molecule has 1 N–H and O–H groups in total. The molecule has 0 spiro atoms. The van der Waals surface area contributed by atoms with E-state index in [9.17, 15) is 4.79 Å². The number of aromatic nitrogens is 1. The molecule has 120 valence electrons. The number of carbonyl (C=O) groups excluding carboxylic acids is 1. The summed E-state index contributed by atoms with van der Waals surface area (Å²) in [5, 5.41) is 1.32. The van der Waals surface area contributed by atoms with E-state index < -0.39 is 0 Å². The van der Waals surface area contributed by atoms with Crippen molar-refractivity contribution in [2.75, 3.05) is 13.2 Å². The highest BCUT2D eigenvalue weighted by molar-refractivity contribution is 5.85. The van der Waals surface area contributed by atoms with Gasteiger partial charge in [-0.1, -0.05) is 18.2 Å². The summed E-state index contributed by atoms with van der Waals surface area (Å²) >= 11 is 0. The molecule has 0 radical (unpaired) electrons. The Morgan fingerprint density at radius 1 is 1.13 bits per heavy atom. The van der Waals surface area contributed by atoms with Crippen molar-refractivity contribution in [2.45, 2.75) is 44.8 Å². The number of fused-ring (bicyclic) bond motifs is 3. The van der Waals surface area contributed by atoms with E-state index in [1.54, 1.807) is 0 Å². The highest BCUT2D eigenvalue weighted by atomic mass is 16.5. The Morgan fingerprint density at radius 2 is 2.00 bits per heavy atom. The molecule has 1 aromatic carbocycles. The van der Waals surface area contributed by atoms with Gasteiger partial charge in [0.25, 0.3) is 0 Å². The zero-order valence-electron chi connectivity index (χ0n) is 13.3. The highest BCUT2D eigenvalue weighted by Crippen LogP contribution is 2.48. The van der Waals surface area contributed by atoms with Crippen LogP contribution >= 0.6 is 0 Å². The number of rotatable bonds is 0. The van der Waals surface area contributed by atoms with Crippen LogP contribution in [0.25, 0.3) is 10.9 Å². The van der Waals surface area contributed by atoms with Crippen LogP contribution in [-0.2, 0) is 22.4 Å². The minimum atomic E-state index is 0.0130. The first kappa shape index (κ1) is 13.6. The molecule has 0 aliphatic carbocycles. The maximum Gasteiger partial charge on any atom is 0.224 e. The first-order chi connectivity index (χ1) is 11.3. The summed E-state index contributed by atoms with van der Waals surface area (Å²) in [6, 6.07) is 8.53. The van der Waals surface area contributed by atoms with Gasteiger partial charge < -0.3 is 14.6 Å². The van der Waals surface area contributed by atoms with Crippen LogP contribution in [0.1, 0.15) is 36.9 Å². The van der Waals surface area contributed by atoms with Gasteiger partial charge >= 0.3 is 0 Å². The van der Waals surface area contributed by atoms with Crippen molar-refractivity contribution in [2.24, 2.45) is 5.41 Å². The molecule has 4 heteroatoms. The molecule has 2 saturated heterocycles. The second-order valence-corrected chi connectivity index (χ2v) is 7.30. The fraction of sp³-hybridized carbons (Fsp3) is 0.526. The molecule has 4 nitrogen and oxygen atoms in total. The first-order valence-corrected chi connectivity index (χ1v) is 8.76. The summed E-state index contributed by atoms with van der Waals surface area (Å²) in [7, 11) is 0. The first-order valence-electron chi connectivity index (χ1n) is 8.76. The Labute approximate surface area is 135 Å². The molecule has 3 aliphatic rings. The molecule has 2 bridgehead atoms. The van der Waals surface area contributed by atoms with Crippen molar-refractivity contribution in [3.63, 3.8) is 0 Å². The quantitative estimate of drug-likeness (QED) is 0.813. The van der Waals surface area contributed by atoms with E-state index in [1.807, 2.05) is 4.90 Å². The van der Waals surface area contributed by atoms with Gasteiger partial charge in [0.15, 0.2) is 0 Å². The van der Waals surface area contributed by atoms with Gasteiger partial charge in [-0.2, -0.15) is 0 Å². The number of ether oxygens (including phenoxy) is 1. The van der Waals surface area contributed by atoms with Crippen molar-refractivity contribution in [3.05, 3.63) is 35.5 Å². The summed E-state index contributed by atoms with van der Waals surface area (Å²) in [5.74, 6) is 0.274. The van der Waals surface area contributed by atoms with Crippen molar-refractivity contribution in [1.82, 2.24) is 9.88 Å². The van der Waals surface area contributed by atoms with Gasteiger partial charge in [0.05, 0.1) is 0 Å². The van der Waals surface area contributed by atoms with E-state index in [4.69, 9.17) is 4.74 Å². The van der Waals surface area contributed by atoms with Gasteiger partial charge in [0.1, 0.15) is 6.23 Å². The molecule has 4 heterocycles. The lowest BCUT2D eigenvalue weighted by molar-refractivity contribution is -0.160. The van der Waals surface area contributed by atoms with Crippen LogP contribution in [0.15, 0.2) is 24.3 Å².